The van der Waals surface area contributed by atoms with E-state index in [1.54, 1.807) is 0 Å². The van der Waals surface area contributed by atoms with Crippen LogP contribution in [-0.2, 0) is 9.59 Å². The first-order chi connectivity index (χ1) is 18.5. The molecule has 2 N–H and O–H groups in total. The first-order valence-electron chi connectivity index (χ1n) is 15.6. The predicted octanol–water partition coefficient (Wildman–Crippen LogP) is 11.0. The minimum Gasteiger partial charge on any atom is -0.481 e. The van der Waals surface area contributed by atoms with Gasteiger partial charge >= 0.3 is 11.9 Å². The normalized spacial score (nSPS) is 11.6. The molecule has 0 amide bonds. The number of carbonyl (C=O) groups is 2. The number of hydrogen-bond donors (Lipinski definition) is 2. The Kier molecular flexibility index (Phi) is 34.9. The summed E-state index contributed by atoms with van der Waals surface area (Å²) in [6, 6.07) is 0. The van der Waals surface area contributed by atoms with Crippen molar-refractivity contribution in [2.24, 2.45) is 0 Å². The highest BCUT2D eigenvalue weighted by Crippen LogP contribution is 2.11. The molecule has 0 radical (unpaired) electrons. The van der Waals surface area contributed by atoms with Gasteiger partial charge in [0.25, 0.3) is 0 Å². The smallest absolute Gasteiger partial charge is 0.303 e. The topological polar surface area (TPSA) is 74.6 Å². The molecular weight excluding hydrogens is 472 g/mol. The van der Waals surface area contributed by atoms with E-state index in [1.165, 1.54) is 83.5 Å². The third-order valence-electron chi connectivity index (χ3n) is 6.21. The summed E-state index contributed by atoms with van der Waals surface area (Å²) in [5.74, 6) is -1.37. The lowest BCUT2D eigenvalue weighted by molar-refractivity contribution is -0.138. The molecule has 0 saturated carbocycles. The number of aliphatic carboxylic acids is 2. The Bertz CT molecular complexity index is 616. The van der Waals surface area contributed by atoms with E-state index >= 15 is 0 Å². The Labute approximate surface area is 235 Å². The van der Waals surface area contributed by atoms with Crippen molar-refractivity contribution in [1.29, 1.82) is 0 Å². The van der Waals surface area contributed by atoms with Crippen molar-refractivity contribution < 1.29 is 19.8 Å². The van der Waals surface area contributed by atoms with Crippen LogP contribution in [0.25, 0.3) is 0 Å². The molecule has 220 valence electrons. The second-order valence-corrected chi connectivity index (χ2v) is 10.1. The number of hydrogen-bond acceptors (Lipinski definition) is 2. The van der Waals surface area contributed by atoms with Gasteiger partial charge in [-0.1, -0.05) is 140 Å². The molecule has 38 heavy (non-hydrogen) atoms. The van der Waals surface area contributed by atoms with Crippen LogP contribution >= 0.6 is 0 Å². The number of carboxylic acid groups (broad SMARTS) is 2. The van der Waals surface area contributed by atoms with Crippen LogP contribution in [-0.4, -0.2) is 22.2 Å². The van der Waals surface area contributed by atoms with Gasteiger partial charge in [0, 0.05) is 12.8 Å². The first-order valence-corrected chi connectivity index (χ1v) is 15.6. The second kappa shape index (κ2) is 34.9. The zero-order chi connectivity index (χ0) is 28.4. The zero-order valence-electron chi connectivity index (χ0n) is 24.9. The summed E-state index contributed by atoms with van der Waals surface area (Å²) in [6.07, 6.45) is 41.7. The summed E-state index contributed by atoms with van der Waals surface area (Å²) >= 11 is 0. The number of carboxylic acids is 2. The van der Waals surface area contributed by atoms with Crippen molar-refractivity contribution >= 4 is 11.9 Å². The Morgan fingerprint density at radius 2 is 0.737 bits per heavy atom. The molecule has 0 heterocycles. The van der Waals surface area contributed by atoms with Crippen molar-refractivity contribution in [3.63, 3.8) is 0 Å². The Balaban J connectivity index is 0. The van der Waals surface area contributed by atoms with E-state index in [1.807, 2.05) is 0 Å². The van der Waals surface area contributed by atoms with Gasteiger partial charge in [0.05, 0.1) is 0 Å². The summed E-state index contributed by atoms with van der Waals surface area (Å²) in [7, 11) is 0. The van der Waals surface area contributed by atoms with E-state index in [-0.39, 0.29) is 6.42 Å². The molecule has 0 bridgehead atoms. The van der Waals surface area contributed by atoms with E-state index < -0.39 is 11.9 Å². The van der Waals surface area contributed by atoms with Crippen LogP contribution < -0.4 is 0 Å². The molecule has 0 saturated heterocycles. The molecule has 0 aliphatic rings. The molecule has 0 rings (SSSR count). The third kappa shape index (κ3) is 41.0. The van der Waals surface area contributed by atoms with E-state index in [2.05, 4.69) is 62.5 Å². The average Bonchev–Trinajstić information content (AvgIpc) is 2.89. The van der Waals surface area contributed by atoms with Gasteiger partial charge in [0.15, 0.2) is 0 Å². The van der Waals surface area contributed by atoms with Gasteiger partial charge in [-0.15, -0.1) is 0 Å². The minimum atomic E-state index is -0.712. The molecule has 0 fully saturated rings. The molecule has 0 spiro atoms. The summed E-state index contributed by atoms with van der Waals surface area (Å²) in [6.45, 7) is 4.48. The molecule has 4 nitrogen and oxygen atoms in total. The van der Waals surface area contributed by atoms with Gasteiger partial charge in [-0.2, -0.15) is 0 Å². The highest BCUT2D eigenvalue weighted by atomic mass is 16.4. The highest BCUT2D eigenvalue weighted by molar-refractivity contribution is 5.66. The summed E-state index contributed by atoms with van der Waals surface area (Å²) in [5.41, 5.74) is 0. The first kappa shape index (κ1) is 38.0. The molecule has 0 aliphatic carbocycles. The van der Waals surface area contributed by atoms with Gasteiger partial charge in [-0.25, -0.2) is 0 Å². The van der Waals surface area contributed by atoms with Crippen molar-refractivity contribution in [3.8, 4) is 0 Å². The number of unbranched alkanes of at least 4 members (excludes halogenated alkanes) is 14. The fraction of sp³-hybridized carbons (Fsp3) is 0.706. The summed E-state index contributed by atoms with van der Waals surface area (Å²) in [4.78, 5) is 20.6. The predicted molar refractivity (Wildman–Crippen MR) is 165 cm³/mol. The SMILES string of the molecule is CCCCCC=CCC=CCC=CCC=CCCCC(=O)O.CCCCCCCCCCCCCC(=O)O. The van der Waals surface area contributed by atoms with Crippen LogP contribution in [0.1, 0.15) is 155 Å². The van der Waals surface area contributed by atoms with E-state index in [0.717, 1.165) is 44.9 Å². The maximum atomic E-state index is 10.3. The summed E-state index contributed by atoms with van der Waals surface area (Å²) in [5, 5.41) is 17.0. The van der Waals surface area contributed by atoms with Crippen LogP contribution in [0.5, 0.6) is 0 Å². The van der Waals surface area contributed by atoms with E-state index in [4.69, 9.17) is 10.2 Å². The molecule has 0 aromatic rings. The van der Waals surface area contributed by atoms with Gasteiger partial charge in [0.2, 0.25) is 0 Å². The third-order valence-corrected chi connectivity index (χ3v) is 6.21. The molecule has 0 aromatic heterocycles. The molecular formula is C34H60O4. The van der Waals surface area contributed by atoms with Crippen LogP contribution in [0, 0.1) is 0 Å². The van der Waals surface area contributed by atoms with Crippen LogP contribution in [0.4, 0.5) is 0 Å². The second-order valence-electron chi connectivity index (χ2n) is 10.1. The standard InChI is InChI=1S/C20H32O2.C14H28O2/c1-2-3-4-5-6-7-8-9-10-11-12-13-14-15-16-17-18-19-20(21)22;1-2-3-4-5-6-7-8-9-10-11-12-13-14(15)16/h6-7,9-10,12-13,15-16H,2-5,8,11,14,17-19H2,1H3,(H,21,22);2-13H2,1H3,(H,15,16). The molecule has 4 heteroatoms. The van der Waals surface area contributed by atoms with Crippen molar-refractivity contribution in [3.05, 3.63) is 48.6 Å². The van der Waals surface area contributed by atoms with Gasteiger partial charge in [0.1, 0.15) is 0 Å². The minimum absolute atomic E-state index is 0.262. The maximum Gasteiger partial charge on any atom is 0.303 e. The molecule has 0 aromatic carbocycles. The average molecular weight is 533 g/mol. The van der Waals surface area contributed by atoms with Gasteiger partial charge in [-0.3, -0.25) is 9.59 Å². The number of allylic oxidation sites excluding steroid dienone is 8. The van der Waals surface area contributed by atoms with E-state index in [9.17, 15) is 9.59 Å². The fourth-order valence-corrected chi connectivity index (χ4v) is 3.87. The van der Waals surface area contributed by atoms with Crippen LogP contribution in [0.3, 0.4) is 0 Å². The molecule has 0 aliphatic heterocycles. The number of rotatable bonds is 26. The van der Waals surface area contributed by atoms with Crippen molar-refractivity contribution in [2.45, 2.75) is 155 Å². The van der Waals surface area contributed by atoms with Crippen LogP contribution in [0.2, 0.25) is 0 Å². The quantitative estimate of drug-likeness (QED) is 0.0858. The Morgan fingerprint density at radius 1 is 0.421 bits per heavy atom. The maximum absolute atomic E-state index is 10.3. The summed E-state index contributed by atoms with van der Waals surface area (Å²) < 4.78 is 0. The Hall–Kier alpha value is -2.10. The van der Waals surface area contributed by atoms with E-state index in [0.29, 0.717) is 6.42 Å². The van der Waals surface area contributed by atoms with Gasteiger partial charge in [-0.05, 0) is 51.4 Å². The lowest BCUT2D eigenvalue weighted by Gasteiger charge is -2.01. The van der Waals surface area contributed by atoms with Gasteiger partial charge < -0.3 is 10.2 Å². The molecule has 0 atom stereocenters. The largest absolute Gasteiger partial charge is 0.481 e. The molecule has 0 unspecified atom stereocenters. The van der Waals surface area contributed by atoms with Crippen LogP contribution in [0.15, 0.2) is 48.6 Å². The monoisotopic (exact) mass is 532 g/mol. The lowest BCUT2D eigenvalue weighted by Crippen LogP contribution is -1.93. The van der Waals surface area contributed by atoms with Crippen molar-refractivity contribution in [1.82, 2.24) is 0 Å². The van der Waals surface area contributed by atoms with Crippen molar-refractivity contribution in [2.75, 3.05) is 0 Å². The highest BCUT2D eigenvalue weighted by Gasteiger charge is 1.96. The zero-order valence-corrected chi connectivity index (χ0v) is 24.9. The fourth-order valence-electron chi connectivity index (χ4n) is 3.87. The lowest BCUT2D eigenvalue weighted by atomic mass is 10.1. The Morgan fingerprint density at radius 3 is 1.16 bits per heavy atom.